The van der Waals surface area contributed by atoms with Crippen LogP contribution >= 0.6 is 24.2 Å². The van der Waals surface area contributed by atoms with E-state index in [-0.39, 0.29) is 30.1 Å². The van der Waals surface area contributed by atoms with Crippen LogP contribution in [-0.2, 0) is 4.79 Å². The molecule has 25 heavy (non-hydrogen) atoms. The van der Waals surface area contributed by atoms with Gasteiger partial charge in [0.05, 0.1) is 5.92 Å². The largest absolute Gasteiger partial charge is 0.355 e. The van der Waals surface area contributed by atoms with Gasteiger partial charge in [-0.25, -0.2) is 0 Å². The van der Waals surface area contributed by atoms with Gasteiger partial charge in [-0.1, -0.05) is 11.8 Å². The van der Waals surface area contributed by atoms with E-state index in [0.29, 0.717) is 48.4 Å². The average molecular weight is 394 g/mol. The summed E-state index contributed by atoms with van der Waals surface area (Å²) in [4.78, 5) is 26.6. The Morgan fingerprint density at radius 1 is 1.32 bits per heavy atom. The molecule has 0 spiro atoms. The van der Waals surface area contributed by atoms with Crippen molar-refractivity contribution >= 4 is 36.0 Å². The smallest absolute Gasteiger partial charge is 0.288 e. The lowest BCUT2D eigenvalue weighted by molar-refractivity contribution is -0.126. The first-order valence-corrected chi connectivity index (χ1v) is 8.71. The fourth-order valence-corrected chi connectivity index (χ4v) is 3.18. The van der Waals surface area contributed by atoms with Gasteiger partial charge in [0, 0.05) is 36.6 Å². The molecule has 1 heterocycles. The van der Waals surface area contributed by atoms with Gasteiger partial charge < -0.3 is 16.0 Å². The van der Waals surface area contributed by atoms with Gasteiger partial charge in [-0.2, -0.15) is 8.78 Å². The van der Waals surface area contributed by atoms with Crippen molar-refractivity contribution in [3.63, 3.8) is 0 Å². The van der Waals surface area contributed by atoms with Crippen LogP contribution in [0.3, 0.4) is 0 Å². The zero-order valence-corrected chi connectivity index (χ0v) is 15.3. The summed E-state index contributed by atoms with van der Waals surface area (Å²) in [7, 11) is 0. The van der Waals surface area contributed by atoms with Gasteiger partial charge in [0.25, 0.3) is 11.7 Å². The quantitative estimate of drug-likeness (QED) is 0.727. The number of amides is 2. The van der Waals surface area contributed by atoms with E-state index in [4.69, 9.17) is 5.73 Å². The lowest BCUT2D eigenvalue weighted by Gasteiger charge is -2.32. The minimum Gasteiger partial charge on any atom is -0.355 e. The van der Waals surface area contributed by atoms with E-state index in [1.807, 2.05) is 0 Å². The van der Waals surface area contributed by atoms with E-state index in [1.165, 1.54) is 12.1 Å². The first-order chi connectivity index (χ1) is 11.5. The molecule has 1 aromatic rings. The van der Waals surface area contributed by atoms with Crippen molar-refractivity contribution in [1.29, 1.82) is 0 Å². The molecule has 1 aromatic carbocycles. The van der Waals surface area contributed by atoms with Crippen molar-refractivity contribution in [3.8, 4) is 0 Å². The molecule has 140 valence electrons. The molecule has 0 bridgehead atoms. The topological polar surface area (TPSA) is 75.4 Å². The predicted octanol–water partition coefficient (Wildman–Crippen LogP) is 2.35. The zero-order chi connectivity index (χ0) is 17.5. The van der Waals surface area contributed by atoms with E-state index in [0.717, 1.165) is 12.8 Å². The molecule has 2 amide bonds. The van der Waals surface area contributed by atoms with Crippen molar-refractivity contribution < 1.29 is 18.4 Å². The highest BCUT2D eigenvalue weighted by Gasteiger charge is 2.28. The Morgan fingerprint density at radius 2 is 2.00 bits per heavy atom. The molecule has 5 nitrogen and oxygen atoms in total. The van der Waals surface area contributed by atoms with Crippen molar-refractivity contribution in [2.24, 2.45) is 11.7 Å². The first kappa shape index (κ1) is 21.7. The van der Waals surface area contributed by atoms with Crippen LogP contribution in [0.2, 0.25) is 0 Å². The van der Waals surface area contributed by atoms with Crippen LogP contribution in [0.4, 0.5) is 8.78 Å². The van der Waals surface area contributed by atoms with Crippen LogP contribution in [0.1, 0.15) is 23.2 Å². The zero-order valence-electron chi connectivity index (χ0n) is 13.6. The number of nitrogens with zero attached hydrogens (tertiary/aromatic N) is 1. The minimum absolute atomic E-state index is 0. The average Bonchev–Trinajstić information content (AvgIpc) is 2.59. The summed E-state index contributed by atoms with van der Waals surface area (Å²) in [5.41, 5.74) is 5.81. The SMILES string of the molecule is Cl.NCCNC(=O)C1CCCN(C(=O)c2ccc(SC(F)F)cc2)C1. The van der Waals surface area contributed by atoms with Gasteiger partial charge in [0.2, 0.25) is 5.91 Å². The molecule has 2 rings (SSSR count). The fraction of sp³-hybridized carbons (Fsp3) is 0.500. The second-order valence-corrected chi connectivity index (χ2v) is 6.64. The number of rotatable bonds is 6. The molecule has 1 atom stereocenters. The fourth-order valence-electron chi connectivity index (χ4n) is 2.68. The van der Waals surface area contributed by atoms with E-state index < -0.39 is 5.76 Å². The second-order valence-electron chi connectivity index (χ2n) is 5.57. The number of nitrogens with one attached hydrogen (secondary N) is 1. The number of carbonyl (C=O) groups excluding carboxylic acids is 2. The van der Waals surface area contributed by atoms with Crippen LogP contribution < -0.4 is 11.1 Å². The molecule has 9 heteroatoms. The first-order valence-electron chi connectivity index (χ1n) is 7.83. The van der Waals surface area contributed by atoms with Crippen molar-refractivity contribution in [2.75, 3.05) is 26.2 Å². The molecule has 1 fully saturated rings. The molecule has 0 radical (unpaired) electrons. The summed E-state index contributed by atoms with van der Waals surface area (Å²) in [6.07, 6.45) is 1.50. The summed E-state index contributed by atoms with van der Waals surface area (Å²) in [6.45, 7) is 1.76. The number of halogens is 3. The third-order valence-corrected chi connectivity index (χ3v) is 4.57. The van der Waals surface area contributed by atoms with Gasteiger partial charge >= 0.3 is 0 Å². The Bertz CT molecular complexity index is 575. The Kier molecular flexibility index (Phi) is 9.16. The predicted molar refractivity (Wildman–Crippen MR) is 96.2 cm³/mol. The molecule has 1 unspecified atom stereocenters. The summed E-state index contributed by atoms with van der Waals surface area (Å²) < 4.78 is 24.6. The lowest BCUT2D eigenvalue weighted by Crippen LogP contribution is -2.46. The van der Waals surface area contributed by atoms with Gasteiger partial charge in [0.1, 0.15) is 0 Å². The highest BCUT2D eigenvalue weighted by molar-refractivity contribution is 7.99. The standard InChI is InChI=1S/C16H21F2N3O2S.ClH/c17-16(18)24-13-5-3-11(4-6-13)15(23)21-9-1-2-12(10-21)14(22)20-8-7-19;/h3-6,12,16H,1-2,7-10,19H2,(H,20,22);1H. The number of piperidine rings is 1. The Morgan fingerprint density at radius 3 is 2.60 bits per heavy atom. The maximum Gasteiger partial charge on any atom is 0.288 e. The highest BCUT2D eigenvalue weighted by atomic mass is 35.5. The van der Waals surface area contributed by atoms with E-state index in [2.05, 4.69) is 5.32 Å². The Labute approximate surface area is 156 Å². The highest BCUT2D eigenvalue weighted by Crippen LogP contribution is 2.26. The van der Waals surface area contributed by atoms with Gasteiger partial charge in [-0.05, 0) is 37.1 Å². The van der Waals surface area contributed by atoms with Crippen LogP contribution in [0, 0.1) is 5.92 Å². The minimum atomic E-state index is -2.48. The molecule has 0 aliphatic carbocycles. The number of alkyl halides is 2. The normalized spacial score (nSPS) is 17.1. The molecular weight excluding hydrogens is 372 g/mol. The summed E-state index contributed by atoms with van der Waals surface area (Å²) >= 11 is 0.445. The number of benzene rings is 1. The molecule has 1 saturated heterocycles. The van der Waals surface area contributed by atoms with Crippen molar-refractivity contribution in [2.45, 2.75) is 23.5 Å². The second kappa shape index (κ2) is 10.6. The van der Waals surface area contributed by atoms with Crippen molar-refractivity contribution in [3.05, 3.63) is 29.8 Å². The van der Waals surface area contributed by atoms with Crippen LogP contribution in [0.5, 0.6) is 0 Å². The molecular formula is C16H22ClF2N3O2S. The summed E-state index contributed by atoms with van der Waals surface area (Å²) in [5.74, 6) is -2.98. The molecule has 0 aromatic heterocycles. The van der Waals surface area contributed by atoms with Crippen LogP contribution in [0.15, 0.2) is 29.2 Å². The molecule has 1 aliphatic rings. The number of nitrogens with two attached hydrogens (primary N) is 1. The number of hydrogen-bond donors (Lipinski definition) is 2. The molecule has 3 N–H and O–H groups in total. The number of carbonyl (C=O) groups is 2. The summed E-state index contributed by atoms with van der Waals surface area (Å²) in [5, 5.41) is 2.75. The Hall–Kier alpha value is -1.38. The Balaban J connectivity index is 0.00000312. The third-order valence-electron chi connectivity index (χ3n) is 3.85. The van der Waals surface area contributed by atoms with Gasteiger partial charge in [0.15, 0.2) is 0 Å². The van der Waals surface area contributed by atoms with Gasteiger partial charge in [-0.3, -0.25) is 9.59 Å². The van der Waals surface area contributed by atoms with E-state index in [1.54, 1.807) is 17.0 Å². The maximum atomic E-state index is 12.5. The monoisotopic (exact) mass is 393 g/mol. The van der Waals surface area contributed by atoms with E-state index >= 15 is 0 Å². The maximum absolute atomic E-state index is 12.5. The number of thioether (sulfide) groups is 1. The van der Waals surface area contributed by atoms with Crippen LogP contribution in [-0.4, -0.2) is 48.7 Å². The summed E-state index contributed by atoms with van der Waals surface area (Å²) in [6, 6.07) is 6.12. The van der Waals surface area contributed by atoms with E-state index in [9.17, 15) is 18.4 Å². The third kappa shape index (κ3) is 6.45. The van der Waals surface area contributed by atoms with Crippen molar-refractivity contribution in [1.82, 2.24) is 10.2 Å². The van der Waals surface area contributed by atoms with Crippen LogP contribution in [0.25, 0.3) is 0 Å². The lowest BCUT2D eigenvalue weighted by atomic mass is 9.96. The number of likely N-dealkylation sites (tertiary alicyclic amines) is 1. The molecule has 1 aliphatic heterocycles. The number of hydrogen-bond acceptors (Lipinski definition) is 4. The van der Waals surface area contributed by atoms with Gasteiger partial charge in [-0.15, -0.1) is 12.4 Å². The molecule has 0 saturated carbocycles.